The van der Waals surface area contributed by atoms with Crippen LogP contribution in [0.2, 0.25) is 0 Å². The van der Waals surface area contributed by atoms with E-state index in [0.29, 0.717) is 31.0 Å². The second-order valence-electron chi connectivity index (χ2n) is 8.22. The van der Waals surface area contributed by atoms with Gasteiger partial charge in [-0.3, -0.25) is 9.89 Å². The van der Waals surface area contributed by atoms with Crippen molar-refractivity contribution in [1.82, 2.24) is 24.6 Å². The first-order valence-electron chi connectivity index (χ1n) is 10.6. The summed E-state index contributed by atoms with van der Waals surface area (Å²) in [5, 5.41) is 7.43. The highest BCUT2D eigenvalue weighted by Gasteiger charge is 2.29. The van der Waals surface area contributed by atoms with Crippen molar-refractivity contribution in [1.29, 1.82) is 0 Å². The molecule has 3 heterocycles. The fourth-order valence-corrected chi connectivity index (χ4v) is 4.18. The summed E-state index contributed by atoms with van der Waals surface area (Å²) in [6.45, 7) is 3.59. The molecule has 2 aromatic heterocycles. The van der Waals surface area contributed by atoms with Gasteiger partial charge in [-0.05, 0) is 61.9 Å². The topological polar surface area (TPSA) is 76.0 Å². The first-order chi connectivity index (χ1) is 15.5. The van der Waals surface area contributed by atoms with E-state index in [2.05, 4.69) is 15.2 Å². The Bertz CT molecular complexity index is 1280. The highest BCUT2D eigenvalue weighted by molar-refractivity contribution is 5.97. The lowest BCUT2D eigenvalue weighted by Crippen LogP contribution is -2.28. The third-order valence-electron chi connectivity index (χ3n) is 6.10. The Labute approximate surface area is 184 Å². The maximum atomic E-state index is 13.1. The van der Waals surface area contributed by atoms with E-state index < -0.39 is 0 Å². The summed E-state index contributed by atoms with van der Waals surface area (Å²) in [6.07, 6.45) is 0.861. The highest BCUT2D eigenvalue weighted by Crippen LogP contribution is 2.28. The van der Waals surface area contributed by atoms with Crippen molar-refractivity contribution >= 4 is 16.9 Å². The van der Waals surface area contributed by atoms with Crippen LogP contribution in [0.25, 0.3) is 11.0 Å². The molecule has 0 aliphatic carbocycles. The van der Waals surface area contributed by atoms with Gasteiger partial charge in [0.25, 0.3) is 5.91 Å². The Morgan fingerprint density at radius 3 is 2.84 bits per heavy atom. The van der Waals surface area contributed by atoms with Crippen molar-refractivity contribution in [3.8, 4) is 5.75 Å². The average Bonchev–Trinajstić information content (AvgIpc) is 3.52. The number of aryl methyl sites for hydroxylation is 2. The number of imidazole rings is 1. The molecule has 1 fully saturated rings. The zero-order valence-electron chi connectivity index (χ0n) is 18.0. The summed E-state index contributed by atoms with van der Waals surface area (Å²) in [6, 6.07) is 13.6. The first kappa shape index (κ1) is 20.2. The van der Waals surface area contributed by atoms with E-state index in [4.69, 9.17) is 4.74 Å². The molecule has 8 heteroatoms. The van der Waals surface area contributed by atoms with Crippen LogP contribution >= 0.6 is 0 Å². The van der Waals surface area contributed by atoms with Crippen LogP contribution in [-0.4, -0.2) is 43.6 Å². The molecular weight excluding hydrogens is 409 g/mol. The van der Waals surface area contributed by atoms with Crippen molar-refractivity contribution in [2.24, 2.45) is 7.05 Å². The second kappa shape index (κ2) is 8.11. The molecule has 5 rings (SSSR count). The molecule has 0 spiro atoms. The quantitative estimate of drug-likeness (QED) is 0.517. The number of nitrogens with zero attached hydrogens (tertiary/aromatic N) is 4. The number of amides is 1. The molecule has 32 heavy (non-hydrogen) atoms. The Morgan fingerprint density at radius 2 is 2.03 bits per heavy atom. The molecule has 7 nitrogen and oxygen atoms in total. The van der Waals surface area contributed by atoms with E-state index in [0.717, 1.165) is 34.7 Å². The minimum Gasteiger partial charge on any atom is -0.487 e. The lowest BCUT2D eigenvalue weighted by Gasteiger charge is -2.16. The van der Waals surface area contributed by atoms with Gasteiger partial charge in [0.05, 0.1) is 22.4 Å². The number of ether oxygens (including phenoxy) is 1. The van der Waals surface area contributed by atoms with Gasteiger partial charge in [-0.15, -0.1) is 0 Å². The Morgan fingerprint density at radius 1 is 1.22 bits per heavy atom. The average molecular weight is 433 g/mol. The summed E-state index contributed by atoms with van der Waals surface area (Å²) in [7, 11) is 1.97. The fourth-order valence-electron chi connectivity index (χ4n) is 4.18. The molecule has 0 saturated carbocycles. The first-order valence-corrected chi connectivity index (χ1v) is 10.6. The van der Waals surface area contributed by atoms with Crippen LogP contribution in [0.15, 0.2) is 48.5 Å². The molecular formula is C24H24FN5O2. The largest absolute Gasteiger partial charge is 0.487 e. The van der Waals surface area contributed by atoms with Crippen LogP contribution in [0.3, 0.4) is 0 Å². The van der Waals surface area contributed by atoms with Crippen LogP contribution in [0, 0.1) is 12.7 Å². The SMILES string of the molecule is Cc1nc2cc(C(=O)N3CC[C@H](c4cc(COc5ccc(F)cc5)[nH]n4)C3)ccc2n1C. The van der Waals surface area contributed by atoms with E-state index in [1.54, 1.807) is 12.1 Å². The highest BCUT2D eigenvalue weighted by atomic mass is 19.1. The lowest BCUT2D eigenvalue weighted by atomic mass is 10.1. The number of rotatable bonds is 5. The third-order valence-corrected chi connectivity index (χ3v) is 6.10. The number of benzene rings is 2. The van der Waals surface area contributed by atoms with Crippen LogP contribution in [0.1, 0.15) is 39.9 Å². The molecule has 1 aliphatic rings. The zero-order valence-corrected chi connectivity index (χ0v) is 18.0. The van der Waals surface area contributed by atoms with Gasteiger partial charge in [-0.25, -0.2) is 9.37 Å². The van der Waals surface area contributed by atoms with Crippen LogP contribution < -0.4 is 4.74 Å². The molecule has 0 unspecified atom stereocenters. The van der Waals surface area contributed by atoms with E-state index in [1.807, 2.05) is 47.7 Å². The van der Waals surface area contributed by atoms with E-state index in [9.17, 15) is 9.18 Å². The van der Waals surface area contributed by atoms with Gasteiger partial charge in [0.15, 0.2) is 0 Å². The van der Waals surface area contributed by atoms with E-state index >= 15 is 0 Å². The summed E-state index contributed by atoms with van der Waals surface area (Å²) in [5.74, 6) is 1.42. The monoisotopic (exact) mass is 433 g/mol. The summed E-state index contributed by atoms with van der Waals surface area (Å²) in [5.41, 5.74) is 4.28. The number of hydrogen-bond acceptors (Lipinski definition) is 4. The van der Waals surface area contributed by atoms with Gasteiger partial charge in [0, 0.05) is 31.6 Å². The van der Waals surface area contributed by atoms with Crippen molar-refractivity contribution in [3.05, 3.63) is 77.1 Å². The zero-order chi connectivity index (χ0) is 22.2. The molecule has 0 bridgehead atoms. The number of likely N-dealkylation sites (tertiary alicyclic amines) is 1. The normalized spacial score (nSPS) is 16.1. The Balaban J connectivity index is 1.22. The summed E-state index contributed by atoms with van der Waals surface area (Å²) < 4.78 is 20.7. The fraction of sp³-hybridized carbons (Fsp3) is 0.292. The Hall–Kier alpha value is -3.68. The number of aromatic nitrogens is 4. The summed E-state index contributed by atoms with van der Waals surface area (Å²) >= 11 is 0. The van der Waals surface area contributed by atoms with Crippen LogP contribution in [0.4, 0.5) is 4.39 Å². The molecule has 1 saturated heterocycles. The molecule has 4 aromatic rings. The van der Waals surface area contributed by atoms with Crippen LogP contribution in [0.5, 0.6) is 5.75 Å². The number of hydrogen-bond donors (Lipinski definition) is 1. The molecule has 1 amide bonds. The molecule has 0 radical (unpaired) electrons. The van der Waals surface area contributed by atoms with Gasteiger partial charge in [-0.1, -0.05) is 0 Å². The number of carbonyl (C=O) groups is 1. The number of halogens is 1. The number of H-pyrrole nitrogens is 1. The van der Waals surface area contributed by atoms with E-state index in [1.165, 1.54) is 12.1 Å². The van der Waals surface area contributed by atoms with Gasteiger partial charge in [0.1, 0.15) is 24.0 Å². The van der Waals surface area contributed by atoms with Gasteiger partial charge in [0.2, 0.25) is 0 Å². The predicted octanol–water partition coefficient (Wildman–Crippen LogP) is 3.95. The maximum Gasteiger partial charge on any atom is 0.253 e. The molecule has 2 aromatic carbocycles. The van der Waals surface area contributed by atoms with Crippen LogP contribution in [-0.2, 0) is 13.7 Å². The molecule has 1 N–H and O–H groups in total. The van der Waals surface area contributed by atoms with E-state index in [-0.39, 0.29) is 17.6 Å². The summed E-state index contributed by atoms with van der Waals surface area (Å²) in [4.78, 5) is 19.5. The standard InChI is InChI=1S/C24H24FN5O2/c1-15-26-22-11-16(3-8-23(22)29(15)2)24(31)30-10-9-17(13-30)21-12-19(27-28-21)14-32-20-6-4-18(25)5-7-20/h3-8,11-12,17H,9-10,13-14H2,1-2H3,(H,27,28)/t17-/m0/s1. The maximum absolute atomic E-state index is 13.1. The Kier molecular flexibility index (Phi) is 5.13. The number of aromatic amines is 1. The van der Waals surface area contributed by atoms with Gasteiger partial charge < -0.3 is 14.2 Å². The van der Waals surface area contributed by atoms with Crippen molar-refractivity contribution in [2.75, 3.05) is 13.1 Å². The molecule has 1 aliphatic heterocycles. The van der Waals surface area contributed by atoms with Crippen molar-refractivity contribution in [2.45, 2.75) is 25.9 Å². The predicted molar refractivity (Wildman–Crippen MR) is 118 cm³/mol. The second-order valence-corrected chi connectivity index (χ2v) is 8.22. The third kappa shape index (κ3) is 3.84. The van der Waals surface area contributed by atoms with Crippen molar-refractivity contribution < 1.29 is 13.9 Å². The lowest BCUT2D eigenvalue weighted by molar-refractivity contribution is 0.0791. The van der Waals surface area contributed by atoms with Crippen molar-refractivity contribution in [3.63, 3.8) is 0 Å². The number of fused-ring (bicyclic) bond motifs is 1. The van der Waals surface area contributed by atoms with Gasteiger partial charge >= 0.3 is 0 Å². The molecule has 164 valence electrons. The minimum atomic E-state index is -0.295. The van der Waals surface area contributed by atoms with Gasteiger partial charge in [-0.2, -0.15) is 5.10 Å². The molecule has 1 atom stereocenters. The number of carbonyl (C=O) groups excluding carboxylic acids is 1. The minimum absolute atomic E-state index is 0.0214. The number of nitrogens with one attached hydrogen (secondary N) is 1. The smallest absolute Gasteiger partial charge is 0.253 e.